The maximum Gasteiger partial charge on any atom is 0.321 e. The molecule has 1 aliphatic rings. The number of urea groups is 1. The number of anilines is 2. The average Bonchev–Trinajstić information content (AvgIpc) is 2.98. The van der Waals surface area contributed by atoms with E-state index in [4.69, 9.17) is 9.97 Å². The van der Waals surface area contributed by atoms with Crippen LogP contribution < -0.4 is 10.2 Å². The summed E-state index contributed by atoms with van der Waals surface area (Å²) < 4.78 is 0. The monoisotopic (exact) mass is 487 g/mol. The Bertz CT molecular complexity index is 1520. The lowest BCUT2D eigenvalue weighted by Crippen LogP contribution is -2.50. The highest BCUT2D eigenvalue weighted by molar-refractivity contribution is 5.93. The minimum absolute atomic E-state index is 0.116. The van der Waals surface area contributed by atoms with Gasteiger partial charge in [-0.1, -0.05) is 30.3 Å². The second-order valence-corrected chi connectivity index (χ2v) is 8.79. The summed E-state index contributed by atoms with van der Waals surface area (Å²) in [5.41, 5.74) is 6.00. The van der Waals surface area contributed by atoms with Crippen LogP contribution in [-0.4, -0.2) is 57.0 Å². The van der Waals surface area contributed by atoms with E-state index in [0.717, 1.165) is 24.3 Å². The first kappa shape index (κ1) is 22.6. The van der Waals surface area contributed by atoms with Gasteiger partial charge in [-0.25, -0.2) is 14.8 Å². The molecule has 37 heavy (non-hydrogen) atoms. The van der Waals surface area contributed by atoms with E-state index in [1.807, 2.05) is 77.7 Å². The van der Waals surface area contributed by atoms with Crippen LogP contribution in [0.15, 0.2) is 97.3 Å². The Labute approximate surface area is 214 Å². The van der Waals surface area contributed by atoms with E-state index >= 15 is 0 Å². The van der Waals surface area contributed by atoms with Gasteiger partial charge in [0.2, 0.25) is 0 Å². The Morgan fingerprint density at radius 2 is 1.30 bits per heavy atom. The van der Waals surface area contributed by atoms with Crippen LogP contribution >= 0.6 is 0 Å². The molecule has 0 saturated carbocycles. The summed E-state index contributed by atoms with van der Waals surface area (Å²) in [6.45, 7) is 2.91. The van der Waals surface area contributed by atoms with Crippen molar-refractivity contribution in [2.45, 2.75) is 0 Å². The van der Waals surface area contributed by atoms with E-state index in [-0.39, 0.29) is 6.03 Å². The average molecular weight is 488 g/mol. The number of carbonyl (C=O) groups excluding carboxylic acids is 1. The number of nitrogens with zero attached hydrogens (tertiary/aromatic N) is 6. The lowest BCUT2D eigenvalue weighted by atomic mass is 10.1. The highest BCUT2D eigenvalue weighted by Crippen LogP contribution is 2.29. The fraction of sp³-hybridized carbons (Fsp3) is 0.138. The normalized spacial score (nSPS) is 13.5. The number of fused-ring (bicyclic) bond motifs is 1. The summed E-state index contributed by atoms with van der Waals surface area (Å²) in [4.78, 5) is 35.9. The molecule has 182 valence electrons. The van der Waals surface area contributed by atoms with Gasteiger partial charge in [-0.05, 0) is 54.6 Å². The first-order valence-electron chi connectivity index (χ1n) is 12.3. The second kappa shape index (κ2) is 10.0. The van der Waals surface area contributed by atoms with Crippen molar-refractivity contribution in [3.63, 3.8) is 0 Å². The highest BCUT2D eigenvalue weighted by Gasteiger charge is 2.22. The largest absolute Gasteiger partial charge is 0.368 e. The minimum Gasteiger partial charge on any atom is -0.368 e. The molecule has 0 radical (unpaired) electrons. The number of para-hydroxylation sites is 1. The van der Waals surface area contributed by atoms with Crippen molar-refractivity contribution in [3.8, 4) is 22.8 Å². The van der Waals surface area contributed by atoms with Gasteiger partial charge < -0.3 is 15.1 Å². The van der Waals surface area contributed by atoms with Gasteiger partial charge in [0.05, 0.1) is 22.4 Å². The number of nitrogens with one attached hydrogen (secondary N) is 1. The third-order valence-electron chi connectivity index (χ3n) is 6.42. The maximum absolute atomic E-state index is 13.0. The number of hydrogen-bond donors (Lipinski definition) is 1. The molecule has 1 aliphatic heterocycles. The predicted octanol–water partition coefficient (Wildman–Crippen LogP) is 5.11. The SMILES string of the molecule is O=C(Nc1ccc2nc(-c3ccccn3)c(-c3ccccn3)nc2c1)N1CCN(c2ccccc2)CC1. The number of carbonyl (C=O) groups is 1. The molecule has 2 aromatic carbocycles. The van der Waals surface area contributed by atoms with Crippen LogP contribution in [0.4, 0.5) is 16.2 Å². The molecule has 8 nitrogen and oxygen atoms in total. The molecule has 5 aromatic rings. The molecule has 0 aliphatic carbocycles. The van der Waals surface area contributed by atoms with E-state index in [2.05, 4.69) is 32.3 Å². The van der Waals surface area contributed by atoms with Crippen molar-refractivity contribution < 1.29 is 4.79 Å². The Morgan fingerprint density at radius 1 is 0.676 bits per heavy atom. The lowest BCUT2D eigenvalue weighted by Gasteiger charge is -2.36. The number of pyridine rings is 2. The van der Waals surface area contributed by atoms with Crippen LogP contribution in [0.1, 0.15) is 0 Å². The molecule has 1 fully saturated rings. The van der Waals surface area contributed by atoms with E-state index in [1.165, 1.54) is 5.69 Å². The van der Waals surface area contributed by atoms with Gasteiger partial charge >= 0.3 is 6.03 Å². The van der Waals surface area contributed by atoms with Crippen LogP contribution in [0.2, 0.25) is 0 Å². The Balaban J connectivity index is 1.24. The van der Waals surface area contributed by atoms with E-state index in [9.17, 15) is 4.79 Å². The molecule has 2 amide bonds. The third-order valence-corrected chi connectivity index (χ3v) is 6.42. The number of benzene rings is 2. The van der Waals surface area contributed by atoms with E-state index in [0.29, 0.717) is 41.4 Å². The molecule has 0 bridgehead atoms. The van der Waals surface area contributed by atoms with Crippen LogP contribution in [0, 0.1) is 0 Å². The molecule has 6 rings (SSSR count). The minimum atomic E-state index is -0.116. The summed E-state index contributed by atoms with van der Waals surface area (Å²) >= 11 is 0. The first-order valence-corrected chi connectivity index (χ1v) is 12.3. The topological polar surface area (TPSA) is 87.1 Å². The molecular formula is C29H25N7O. The van der Waals surface area contributed by atoms with Crippen LogP contribution in [0.25, 0.3) is 33.8 Å². The fourth-order valence-corrected chi connectivity index (χ4v) is 4.50. The summed E-state index contributed by atoms with van der Waals surface area (Å²) in [6.07, 6.45) is 3.47. The quantitative estimate of drug-likeness (QED) is 0.379. The molecule has 1 saturated heterocycles. The fourth-order valence-electron chi connectivity index (χ4n) is 4.50. The number of hydrogen-bond acceptors (Lipinski definition) is 6. The maximum atomic E-state index is 13.0. The van der Waals surface area contributed by atoms with E-state index in [1.54, 1.807) is 12.4 Å². The summed E-state index contributed by atoms with van der Waals surface area (Å²) in [7, 11) is 0. The highest BCUT2D eigenvalue weighted by atomic mass is 16.2. The molecule has 4 heterocycles. The Hall–Kier alpha value is -4.85. The molecule has 1 N–H and O–H groups in total. The number of rotatable bonds is 4. The van der Waals surface area contributed by atoms with Gasteiger partial charge in [0.1, 0.15) is 11.4 Å². The molecular weight excluding hydrogens is 462 g/mol. The molecule has 0 atom stereocenters. The van der Waals surface area contributed by atoms with Gasteiger partial charge in [-0.3, -0.25) is 9.97 Å². The van der Waals surface area contributed by atoms with Gasteiger partial charge in [0, 0.05) is 49.9 Å². The zero-order valence-corrected chi connectivity index (χ0v) is 20.2. The molecule has 3 aromatic heterocycles. The van der Waals surface area contributed by atoms with Crippen molar-refractivity contribution >= 4 is 28.4 Å². The van der Waals surface area contributed by atoms with Crippen LogP contribution in [0.3, 0.4) is 0 Å². The number of amides is 2. The van der Waals surface area contributed by atoms with Gasteiger partial charge in [0.25, 0.3) is 0 Å². The van der Waals surface area contributed by atoms with Crippen LogP contribution in [0.5, 0.6) is 0 Å². The van der Waals surface area contributed by atoms with Crippen molar-refractivity contribution in [3.05, 3.63) is 97.3 Å². The number of aromatic nitrogens is 4. The zero-order valence-electron chi connectivity index (χ0n) is 20.2. The standard InChI is InChI=1S/C29H25N7O/c37-29(36-18-16-35(17-19-36)22-8-2-1-3-9-22)32-21-12-13-23-26(20-21)34-28(25-11-5-7-15-31-25)27(33-23)24-10-4-6-14-30-24/h1-15,20H,16-19H2,(H,32,37). The smallest absolute Gasteiger partial charge is 0.321 e. The summed E-state index contributed by atoms with van der Waals surface area (Å²) in [5.74, 6) is 0. The van der Waals surface area contributed by atoms with Crippen molar-refractivity contribution in [1.82, 2.24) is 24.8 Å². The Kier molecular flexibility index (Phi) is 6.12. The van der Waals surface area contributed by atoms with Crippen LogP contribution in [-0.2, 0) is 0 Å². The Morgan fingerprint density at radius 3 is 1.92 bits per heavy atom. The predicted molar refractivity (Wildman–Crippen MR) is 145 cm³/mol. The van der Waals surface area contributed by atoms with Gasteiger partial charge in [-0.15, -0.1) is 0 Å². The first-order chi connectivity index (χ1) is 18.2. The molecule has 0 unspecified atom stereocenters. The van der Waals surface area contributed by atoms with Crippen molar-refractivity contribution in [2.75, 3.05) is 36.4 Å². The van der Waals surface area contributed by atoms with Gasteiger partial charge in [-0.2, -0.15) is 0 Å². The van der Waals surface area contributed by atoms with Gasteiger partial charge in [0.15, 0.2) is 0 Å². The molecule has 0 spiro atoms. The van der Waals surface area contributed by atoms with E-state index < -0.39 is 0 Å². The summed E-state index contributed by atoms with van der Waals surface area (Å²) in [6, 6.07) is 27.2. The number of piperazine rings is 1. The lowest BCUT2D eigenvalue weighted by molar-refractivity contribution is 0.208. The molecule has 8 heteroatoms. The second-order valence-electron chi connectivity index (χ2n) is 8.79. The third kappa shape index (κ3) is 4.81. The summed E-state index contributed by atoms with van der Waals surface area (Å²) in [5, 5.41) is 3.04. The van der Waals surface area contributed by atoms with Crippen molar-refractivity contribution in [2.24, 2.45) is 0 Å². The van der Waals surface area contributed by atoms with Crippen molar-refractivity contribution in [1.29, 1.82) is 0 Å². The zero-order chi connectivity index (χ0) is 25.0.